The summed E-state index contributed by atoms with van der Waals surface area (Å²) in [6.45, 7) is 8.70. The van der Waals surface area contributed by atoms with Gasteiger partial charge in [0, 0.05) is 12.6 Å². The Kier molecular flexibility index (Phi) is 4.40. The fourth-order valence-corrected chi connectivity index (χ4v) is 1.74. The highest BCUT2D eigenvalue weighted by Crippen LogP contribution is 2.19. The summed E-state index contributed by atoms with van der Waals surface area (Å²) in [5.74, 6) is 0.450. The third-order valence-corrected chi connectivity index (χ3v) is 2.58. The third-order valence-electron chi connectivity index (χ3n) is 2.58. The molecule has 1 rings (SSSR count). The van der Waals surface area contributed by atoms with Crippen molar-refractivity contribution in [3.05, 3.63) is 24.8 Å². The summed E-state index contributed by atoms with van der Waals surface area (Å²) in [6.07, 6.45) is 6.40. The van der Waals surface area contributed by atoms with Crippen molar-refractivity contribution in [2.24, 2.45) is 5.92 Å². The Morgan fingerprint density at radius 2 is 2.40 bits per heavy atom. The minimum atomic E-state index is -0.238. The number of rotatable bonds is 3. The van der Waals surface area contributed by atoms with Gasteiger partial charge in [0.15, 0.2) is 0 Å². The molecule has 0 N–H and O–H groups in total. The molecule has 1 aliphatic heterocycles. The molecule has 1 heterocycles. The lowest BCUT2D eigenvalue weighted by molar-refractivity contribution is 0.0871. The van der Waals surface area contributed by atoms with Crippen molar-refractivity contribution in [3.8, 4) is 0 Å². The number of amides is 1. The molecule has 0 aliphatic carbocycles. The van der Waals surface area contributed by atoms with Crippen molar-refractivity contribution in [3.63, 3.8) is 0 Å². The van der Waals surface area contributed by atoms with Crippen LogP contribution in [0.1, 0.15) is 20.3 Å². The van der Waals surface area contributed by atoms with Crippen LogP contribution >= 0.6 is 0 Å². The van der Waals surface area contributed by atoms with Gasteiger partial charge in [0.2, 0.25) is 0 Å². The molecule has 3 nitrogen and oxygen atoms in total. The molecule has 0 saturated carbocycles. The zero-order chi connectivity index (χ0) is 11.3. The SMILES string of the molecule is C=CCOC(=O)N1CC=CCC1C(C)C. The van der Waals surface area contributed by atoms with Crippen LogP contribution in [0.25, 0.3) is 0 Å². The van der Waals surface area contributed by atoms with E-state index in [9.17, 15) is 4.79 Å². The maximum Gasteiger partial charge on any atom is 0.410 e. The summed E-state index contributed by atoms with van der Waals surface area (Å²) >= 11 is 0. The molecule has 0 aromatic carbocycles. The number of nitrogens with zero attached hydrogens (tertiary/aromatic N) is 1. The van der Waals surface area contributed by atoms with E-state index in [4.69, 9.17) is 4.74 Å². The molecule has 0 bridgehead atoms. The van der Waals surface area contributed by atoms with Crippen molar-refractivity contribution in [2.75, 3.05) is 13.2 Å². The molecule has 0 fully saturated rings. The molecule has 0 radical (unpaired) electrons. The van der Waals surface area contributed by atoms with Gasteiger partial charge < -0.3 is 9.64 Å². The first-order valence-corrected chi connectivity index (χ1v) is 5.36. The first kappa shape index (κ1) is 11.8. The average molecular weight is 209 g/mol. The van der Waals surface area contributed by atoms with E-state index in [1.165, 1.54) is 0 Å². The number of carbonyl (C=O) groups excluding carboxylic acids is 1. The Morgan fingerprint density at radius 3 is 3.00 bits per heavy atom. The van der Waals surface area contributed by atoms with Gasteiger partial charge in [0.05, 0.1) is 0 Å². The maximum atomic E-state index is 11.7. The first-order chi connectivity index (χ1) is 7.16. The summed E-state index contributed by atoms with van der Waals surface area (Å²) in [6, 6.07) is 0.257. The van der Waals surface area contributed by atoms with Gasteiger partial charge in [-0.15, -0.1) is 0 Å². The molecule has 0 aromatic heterocycles. The van der Waals surface area contributed by atoms with Gasteiger partial charge in [-0.3, -0.25) is 0 Å². The molecular formula is C12H19NO2. The number of hydrogen-bond donors (Lipinski definition) is 0. The highest BCUT2D eigenvalue weighted by atomic mass is 16.6. The summed E-state index contributed by atoms with van der Waals surface area (Å²) in [7, 11) is 0. The fraction of sp³-hybridized carbons (Fsp3) is 0.583. The van der Waals surface area contributed by atoms with Crippen molar-refractivity contribution < 1.29 is 9.53 Å². The van der Waals surface area contributed by atoms with Crippen molar-refractivity contribution in [1.82, 2.24) is 4.90 Å². The topological polar surface area (TPSA) is 29.5 Å². The standard InChI is InChI=1S/C12H19NO2/c1-4-9-15-12(14)13-8-6-5-7-11(13)10(2)3/h4-6,10-11H,1,7-9H2,2-3H3. The van der Waals surface area contributed by atoms with Gasteiger partial charge in [-0.25, -0.2) is 4.79 Å². The van der Waals surface area contributed by atoms with Gasteiger partial charge in [0.25, 0.3) is 0 Å². The zero-order valence-electron chi connectivity index (χ0n) is 9.48. The van der Waals surface area contributed by atoms with Crippen LogP contribution < -0.4 is 0 Å². The second-order valence-corrected chi connectivity index (χ2v) is 4.04. The fourth-order valence-electron chi connectivity index (χ4n) is 1.74. The van der Waals surface area contributed by atoms with Crippen LogP contribution in [0.15, 0.2) is 24.8 Å². The molecule has 1 unspecified atom stereocenters. The third kappa shape index (κ3) is 3.11. The Bertz CT molecular complexity index is 258. The lowest BCUT2D eigenvalue weighted by Gasteiger charge is -2.34. The van der Waals surface area contributed by atoms with Gasteiger partial charge in [-0.2, -0.15) is 0 Å². The van der Waals surface area contributed by atoms with Gasteiger partial charge in [0.1, 0.15) is 6.61 Å². The second kappa shape index (κ2) is 5.59. The minimum Gasteiger partial charge on any atom is -0.445 e. The predicted molar refractivity (Wildman–Crippen MR) is 60.6 cm³/mol. The summed E-state index contributed by atoms with van der Waals surface area (Å²) in [4.78, 5) is 13.5. The van der Waals surface area contributed by atoms with Crippen molar-refractivity contribution >= 4 is 6.09 Å². The van der Waals surface area contributed by atoms with Gasteiger partial charge >= 0.3 is 6.09 Å². The highest BCUT2D eigenvalue weighted by molar-refractivity contribution is 5.68. The zero-order valence-corrected chi connectivity index (χ0v) is 9.48. The summed E-state index contributed by atoms with van der Waals surface area (Å²) in [5, 5.41) is 0. The minimum absolute atomic E-state index is 0.238. The molecule has 84 valence electrons. The first-order valence-electron chi connectivity index (χ1n) is 5.36. The lowest BCUT2D eigenvalue weighted by atomic mass is 9.97. The molecule has 0 aromatic rings. The molecule has 15 heavy (non-hydrogen) atoms. The normalized spacial score (nSPS) is 20.5. The Balaban J connectivity index is 2.60. The Morgan fingerprint density at radius 1 is 1.67 bits per heavy atom. The van der Waals surface area contributed by atoms with E-state index >= 15 is 0 Å². The number of hydrogen-bond acceptors (Lipinski definition) is 2. The van der Waals surface area contributed by atoms with Crippen LogP contribution in [0, 0.1) is 5.92 Å². The predicted octanol–water partition coefficient (Wildman–Crippen LogP) is 2.60. The molecule has 1 amide bonds. The van der Waals surface area contributed by atoms with E-state index in [0.717, 1.165) is 6.42 Å². The van der Waals surface area contributed by atoms with Crippen LogP contribution in [0.4, 0.5) is 4.79 Å². The highest BCUT2D eigenvalue weighted by Gasteiger charge is 2.27. The van der Waals surface area contributed by atoms with E-state index in [1.807, 2.05) is 6.08 Å². The molecular weight excluding hydrogens is 190 g/mol. The maximum absolute atomic E-state index is 11.7. The molecule has 1 atom stereocenters. The van der Waals surface area contributed by atoms with Crippen LogP contribution in [0.3, 0.4) is 0 Å². The van der Waals surface area contributed by atoms with E-state index in [2.05, 4.69) is 26.5 Å². The summed E-state index contributed by atoms with van der Waals surface area (Å²) < 4.78 is 5.05. The van der Waals surface area contributed by atoms with Crippen LogP contribution in [-0.2, 0) is 4.74 Å². The van der Waals surface area contributed by atoms with Crippen LogP contribution in [0.5, 0.6) is 0 Å². The average Bonchev–Trinajstić information content (AvgIpc) is 2.25. The van der Waals surface area contributed by atoms with E-state index in [-0.39, 0.29) is 18.7 Å². The van der Waals surface area contributed by atoms with E-state index < -0.39 is 0 Å². The largest absolute Gasteiger partial charge is 0.445 e. The van der Waals surface area contributed by atoms with Crippen molar-refractivity contribution in [1.29, 1.82) is 0 Å². The van der Waals surface area contributed by atoms with Crippen LogP contribution in [0.2, 0.25) is 0 Å². The Hall–Kier alpha value is -1.25. The second-order valence-electron chi connectivity index (χ2n) is 4.04. The molecule has 0 saturated heterocycles. The molecule has 0 spiro atoms. The Labute approximate surface area is 91.4 Å². The monoisotopic (exact) mass is 209 g/mol. The summed E-state index contributed by atoms with van der Waals surface area (Å²) in [5.41, 5.74) is 0. The van der Waals surface area contributed by atoms with Gasteiger partial charge in [-0.05, 0) is 12.3 Å². The van der Waals surface area contributed by atoms with Crippen LogP contribution in [-0.4, -0.2) is 30.2 Å². The van der Waals surface area contributed by atoms with Gasteiger partial charge in [-0.1, -0.05) is 38.7 Å². The van der Waals surface area contributed by atoms with E-state index in [1.54, 1.807) is 11.0 Å². The quantitative estimate of drug-likeness (QED) is 0.669. The van der Waals surface area contributed by atoms with E-state index in [0.29, 0.717) is 12.5 Å². The molecule has 3 heteroatoms. The smallest absolute Gasteiger partial charge is 0.410 e. The van der Waals surface area contributed by atoms with Crippen molar-refractivity contribution in [2.45, 2.75) is 26.3 Å². The number of ether oxygens (including phenoxy) is 1. The number of carbonyl (C=O) groups is 1. The lowest BCUT2D eigenvalue weighted by Crippen LogP contribution is -2.45. The molecule has 1 aliphatic rings.